The van der Waals surface area contributed by atoms with Crippen LogP contribution in [0.5, 0.6) is 0 Å². The number of benzene rings is 1. The standard InChI is InChI=1S/C15H21ClN2O2/c1-10-8-14(18(19)20)12(16)9-13(10)17-11-4-6-15(2,3)7-5-11/h8-9,11,17H,4-7H2,1-3H3. The maximum absolute atomic E-state index is 10.8. The van der Waals surface area contributed by atoms with Crippen LogP contribution in [0.4, 0.5) is 11.4 Å². The van der Waals surface area contributed by atoms with Gasteiger partial charge in [0.05, 0.1) is 4.92 Å². The summed E-state index contributed by atoms with van der Waals surface area (Å²) in [6, 6.07) is 3.64. The first kappa shape index (κ1) is 15.1. The van der Waals surface area contributed by atoms with E-state index in [0.29, 0.717) is 11.5 Å². The molecule has 2 rings (SSSR count). The van der Waals surface area contributed by atoms with E-state index in [1.54, 1.807) is 6.07 Å². The highest BCUT2D eigenvalue weighted by Gasteiger charge is 2.27. The van der Waals surface area contributed by atoms with Crippen molar-refractivity contribution in [2.45, 2.75) is 52.5 Å². The summed E-state index contributed by atoms with van der Waals surface area (Å²) in [5.41, 5.74) is 2.18. The Hall–Kier alpha value is -1.29. The topological polar surface area (TPSA) is 55.2 Å². The predicted molar refractivity (Wildman–Crippen MR) is 82.5 cm³/mol. The molecule has 0 bridgehead atoms. The van der Waals surface area contributed by atoms with E-state index in [0.717, 1.165) is 24.1 Å². The minimum absolute atomic E-state index is 0.0282. The first-order valence-electron chi connectivity index (χ1n) is 6.99. The lowest BCUT2D eigenvalue weighted by atomic mass is 9.75. The van der Waals surface area contributed by atoms with Crippen LogP contribution in [0, 0.1) is 22.5 Å². The molecule has 1 fully saturated rings. The lowest BCUT2D eigenvalue weighted by Gasteiger charge is -2.35. The van der Waals surface area contributed by atoms with E-state index in [-0.39, 0.29) is 10.7 Å². The van der Waals surface area contributed by atoms with Gasteiger partial charge in [0.1, 0.15) is 5.02 Å². The van der Waals surface area contributed by atoms with Gasteiger partial charge in [-0.3, -0.25) is 10.1 Å². The molecule has 0 radical (unpaired) electrons. The molecular weight excluding hydrogens is 276 g/mol. The molecule has 1 aromatic rings. The summed E-state index contributed by atoms with van der Waals surface area (Å²) in [7, 11) is 0. The second-order valence-electron chi connectivity index (χ2n) is 6.46. The van der Waals surface area contributed by atoms with Gasteiger partial charge in [0, 0.05) is 17.8 Å². The number of aryl methyl sites for hydroxylation is 1. The third-order valence-corrected chi connectivity index (χ3v) is 4.49. The Labute approximate surface area is 124 Å². The number of hydrogen-bond acceptors (Lipinski definition) is 3. The van der Waals surface area contributed by atoms with Crippen molar-refractivity contribution in [3.63, 3.8) is 0 Å². The molecule has 0 aromatic heterocycles. The molecule has 110 valence electrons. The van der Waals surface area contributed by atoms with Crippen molar-refractivity contribution in [3.05, 3.63) is 32.8 Å². The molecule has 0 spiro atoms. The molecule has 0 saturated heterocycles. The fourth-order valence-corrected chi connectivity index (χ4v) is 2.96. The molecular formula is C15H21ClN2O2. The Balaban J connectivity index is 2.11. The largest absolute Gasteiger partial charge is 0.382 e. The van der Waals surface area contributed by atoms with E-state index >= 15 is 0 Å². The van der Waals surface area contributed by atoms with Crippen LogP contribution in [0.3, 0.4) is 0 Å². The number of nitro groups is 1. The second kappa shape index (κ2) is 5.60. The maximum Gasteiger partial charge on any atom is 0.288 e. The lowest BCUT2D eigenvalue weighted by Crippen LogP contribution is -2.30. The molecule has 0 heterocycles. The first-order chi connectivity index (χ1) is 9.28. The molecule has 1 N–H and O–H groups in total. The number of anilines is 1. The van der Waals surface area contributed by atoms with Gasteiger partial charge in [-0.2, -0.15) is 0 Å². The van der Waals surface area contributed by atoms with Crippen molar-refractivity contribution in [1.29, 1.82) is 0 Å². The fourth-order valence-electron chi connectivity index (χ4n) is 2.73. The van der Waals surface area contributed by atoms with Crippen LogP contribution >= 0.6 is 11.6 Å². The Morgan fingerprint density at radius 3 is 2.50 bits per heavy atom. The van der Waals surface area contributed by atoms with Gasteiger partial charge in [-0.1, -0.05) is 25.4 Å². The summed E-state index contributed by atoms with van der Waals surface area (Å²) in [6.45, 7) is 6.48. The van der Waals surface area contributed by atoms with Gasteiger partial charge in [0.25, 0.3) is 5.69 Å². The van der Waals surface area contributed by atoms with E-state index in [9.17, 15) is 10.1 Å². The monoisotopic (exact) mass is 296 g/mol. The Morgan fingerprint density at radius 2 is 1.95 bits per heavy atom. The van der Waals surface area contributed by atoms with Crippen LogP contribution in [-0.2, 0) is 0 Å². The zero-order valence-electron chi connectivity index (χ0n) is 12.2. The second-order valence-corrected chi connectivity index (χ2v) is 6.87. The van der Waals surface area contributed by atoms with E-state index < -0.39 is 4.92 Å². The number of rotatable bonds is 3. The number of nitrogens with zero attached hydrogens (tertiary/aromatic N) is 1. The third-order valence-electron chi connectivity index (χ3n) is 4.19. The summed E-state index contributed by atoms with van der Waals surface area (Å²) >= 11 is 5.98. The van der Waals surface area contributed by atoms with E-state index in [1.165, 1.54) is 18.9 Å². The quantitative estimate of drug-likeness (QED) is 0.635. The van der Waals surface area contributed by atoms with E-state index in [1.807, 2.05) is 6.92 Å². The third kappa shape index (κ3) is 3.42. The van der Waals surface area contributed by atoms with Gasteiger partial charge in [0.2, 0.25) is 0 Å². The lowest BCUT2D eigenvalue weighted by molar-refractivity contribution is -0.384. The van der Waals surface area contributed by atoms with Crippen LogP contribution in [-0.4, -0.2) is 11.0 Å². The Kier molecular flexibility index (Phi) is 4.23. The summed E-state index contributed by atoms with van der Waals surface area (Å²) in [4.78, 5) is 10.4. The Morgan fingerprint density at radius 1 is 1.35 bits per heavy atom. The molecule has 0 aliphatic heterocycles. The van der Waals surface area contributed by atoms with Gasteiger partial charge in [-0.25, -0.2) is 0 Å². The molecule has 20 heavy (non-hydrogen) atoms. The van der Waals surface area contributed by atoms with Crippen LogP contribution < -0.4 is 5.32 Å². The summed E-state index contributed by atoms with van der Waals surface area (Å²) in [5, 5.41) is 14.5. The van der Waals surface area contributed by atoms with Gasteiger partial charge < -0.3 is 5.32 Å². The average molecular weight is 297 g/mol. The summed E-state index contributed by atoms with van der Waals surface area (Å²) < 4.78 is 0. The molecule has 1 aliphatic carbocycles. The smallest absolute Gasteiger partial charge is 0.288 e. The van der Waals surface area contributed by atoms with Crippen molar-refractivity contribution in [1.82, 2.24) is 0 Å². The minimum Gasteiger partial charge on any atom is -0.382 e. The zero-order chi connectivity index (χ0) is 14.9. The van der Waals surface area contributed by atoms with Crippen LogP contribution in [0.2, 0.25) is 5.02 Å². The molecule has 1 aliphatic rings. The molecule has 4 nitrogen and oxygen atoms in total. The highest BCUT2D eigenvalue weighted by atomic mass is 35.5. The van der Waals surface area contributed by atoms with Gasteiger partial charge in [-0.15, -0.1) is 0 Å². The average Bonchev–Trinajstić information content (AvgIpc) is 2.35. The van der Waals surface area contributed by atoms with Crippen molar-refractivity contribution in [2.24, 2.45) is 5.41 Å². The zero-order valence-corrected chi connectivity index (χ0v) is 13.0. The van der Waals surface area contributed by atoms with E-state index in [4.69, 9.17) is 11.6 Å². The van der Waals surface area contributed by atoms with Gasteiger partial charge >= 0.3 is 0 Å². The SMILES string of the molecule is Cc1cc([N+](=O)[O-])c(Cl)cc1NC1CCC(C)(C)CC1. The number of halogens is 1. The van der Waals surface area contributed by atoms with E-state index in [2.05, 4.69) is 19.2 Å². The van der Waals surface area contributed by atoms with Crippen molar-refractivity contribution in [3.8, 4) is 0 Å². The summed E-state index contributed by atoms with van der Waals surface area (Å²) in [5.74, 6) is 0. The highest BCUT2D eigenvalue weighted by molar-refractivity contribution is 6.33. The molecule has 0 atom stereocenters. The Bertz CT molecular complexity index is 519. The summed E-state index contributed by atoms with van der Waals surface area (Å²) in [6.07, 6.45) is 4.65. The number of nitro benzene ring substituents is 1. The maximum atomic E-state index is 10.8. The van der Waals surface area contributed by atoms with Crippen LogP contribution in [0.15, 0.2) is 12.1 Å². The van der Waals surface area contributed by atoms with Crippen molar-refractivity contribution >= 4 is 23.0 Å². The van der Waals surface area contributed by atoms with Crippen LogP contribution in [0.1, 0.15) is 45.1 Å². The number of hydrogen-bond donors (Lipinski definition) is 1. The molecule has 0 amide bonds. The number of nitrogens with one attached hydrogen (secondary N) is 1. The molecule has 5 heteroatoms. The normalized spacial score (nSPS) is 18.8. The predicted octanol–water partition coefficient (Wildman–Crippen LogP) is 4.94. The molecule has 1 aromatic carbocycles. The van der Waals surface area contributed by atoms with Gasteiger partial charge in [0.15, 0.2) is 0 Å². The highest BCUT2D eigenvalue weighted by Crippen LogP contribution is 2.37. The molecule has 1 saturated carbocycles. The first-order valence-corrected chi connectivity index (χ1v) is 7.37. The van der Waals surface area contributed by atoms with Gasteiger partial charge in [-0.05, 0) is 49.7 Å². The minimum atomic E-state index is -0.442. The van der Waals surface area contributed by atoms with Crippen LogP contribution in [0.25, 0.3) is 0 Å². The molecule has 0 unspecified atom stereocenters. The fraction of sp³-hybridized carbons (Fsp3) is 0.600. The van der Waals surface area contributed by atoms with Crippen molar-refractivity contribution in [2.75, 3.05) is 5.32 Å². The van der Waals surface area contributed by atoms with Crippen molar-refractivity contribution < 1.29 is 4.92 Å².